The van der Waals surface area contributed by atoms with Gasteiger partial charge < -0.3 is 10.2 Å². The monoisotopic (exact) mass is 244 g/mol. The fraction of sp³-hybridized carbons (Fsp3) is 0.700. The molecule has 0 aromatic carbocycles. The number of carbonyl (C=O) groups excluding carboxylic acids is 1. The molecule has 0 radical (unpaired) electrons. The summed E-state index contributed by atoms with van der Waals surface area (Å²) in [4.78, 5) is 13.4. The van der Waals surface area contributed by atoms with E-state index in [0.29, 0.717) is 26.2 Å². The smallest absolute Gasteiger partial charge is 0.240 e. The number of hydrogen-bond acceptors (Lipinski definition) is 4. The summed E-state index contributed by atoms with van der Waals surface area (Å²) in [6, 6.07) is 0. The second kappa shape index (κ2) is 5.32. The minimum absolute atomic E-state index is 0.350. The zero-order chi connectivity index (χ0) is 12.2. The van der Waals surface area contributed by atoms with Crippen molar-refractivity contribution < 1.29 is 13.2 Å². The third-order valence-electron chi connectivity index (χ3n) is 2.60. The molecule has 5 nitrogen and oxygen atoms in total. The van der Waals surface area contributed by atoms with Gasteiger partial charge in [0.05, 0.1) is 0 Å². The summed E-state index contributed by atoms with van der Waals surface area (Å²) in [6.07, 6.45) is 4.97. The van der Waals surface area contributed by atoms with Gasteiger partial charge in [-0.1, -0.05) is 5.92 Å². The number of hydrogen-bond donors (Lipinski definition) is 1. The van der Waals surface area contributed by atoms with Crippen molar-refractivity contribution in [1.29, 1.82) is 0 Å². The summed E-state index contributed by atoms with van der Waals surface area (Å²) in [5.74, 6) is 1.34. The number of terminal acetylenes is 1. The van der Waals surface area contributed by atoms with E-state index in [2.05, 4.69) is 11.2 Å². The normalized spacial score (nSPS) is 18.9. The zero-order valence-electron chi connectivity index (χ0n) is 9.27. The summed E-state index contributed by atoms with van der Waals surface area (Å²) in [7, 11) is -3.51. The maximum Gasteiger partial charge on any atom is 0.240 e. The lowest BCUT2D eigenvalue weighted by molar-refractivity contribution is -0.130. The largest absolute Gasteiger partial charge is 0.339 e. The Kier molecular flexibility index (Phi) is 4.33. The van der Waals surface area contributed by atoms with Crippen LogP contribution in [0, 0.1) is 12.3 Å². The van der Waals surface area contributed by atoms with E-state index in [1.807, 2.05) is 0 Å². The first-order valence-electron chi connectivity index (χ1n) is 5.13. The fourth-order valence-corrected chi connectivity index (χ4v) is 2.48. The predicted molar refractivity (Wildman–Crippen MR) is 61.5 cm³/mol. The number of sulfone groups is 1. The number of rotatable bonds is 3. The van der Waals surface area contributed by atoms with E-state index in [-0.39, 0.29) is 11.7 Å². The molecule has 1 N–H and O–H groups in total. The van der Waals surface area contributed by atoms with Gasteiger partial charge >= 0.3 is 0 Å². The first kappa shape index (κ1) is 13.0. The molecule has 1 saturated heterocycles. The Morgan fingerprint density at radius 1 is 1.50 bits per heavy atom. The Balaban J connectivity index is 2.70. The van der Waals surface area contributed by atoms with Crippen LogP contribution in [0.5, 0.6) is 0 Å². The molecule has 16 heavy (non-hydrogen) atoms. The highest BCUT2D eigenvalue weighted by Gasteiger charge is 2.31. The van der Waals surface area contributed by atoms with Crippen molar-refractivity contribution >= 4 is 15.7 Å². The maximum atomic E-state index is 11.9. The van der Waals surface area contributed by atoms with Crippen LogP contribution in [0.15, 0.2) is 0 Å². The van der Waals surface area contributed by atoms with E-state index in [4.69, 9.17) is 6.42 Å². The second-order valence-electron chi connectivity index (χ2n) is 3.73. The molecule has 0 spiro atoms. The minimum atomic E-state index is -3.51. The van der Waals surface area contributed by atoms with Crippen LogP contribution in [0.3, 0.4) is 0 Å². The van der Waals surface area contributed by atoms with Crippen LogP contribution in [0.25, 0.3) is 0 Å². The molecule has 0 aromatic heterocycles. The molecule has 1 fully saturated rings. The van der Waals surface area contributed by atoms with Crippen molar-refractivity contribution in [3.8, 4) is 12.3 Å². The highest BCUT2D eigenvalue weighted by Crippen LogP contribution is 2.07. The van der Waals surface area contributed by atoms with Gasteiger partial charge in [-0.2, -0.15) is 0 Å². The summed E-state index contributed by atoms with van der Waals surface area (Å²) >= 11 is 0. The Labute approximate surface area is 96.1 Å². The molecular weight excluding hydrogens is 228 g/mol. The lowest BCUT2D eigenvalue weighted by Crippen LogP contribution is -2.50. The van der Waals surface area contributed by atoms with Crippen LogP contribution >= 0.6 is 0 Å². The van der Waals surface area contributed by atoms with Gasteiger partial charge in [0.1, 0.15) is 11.0 Å². The van der Waals surface area contributed by atoms with Crippen molar-refractivity contribution in [3.05, 3.63) is 0 Å². The first-order chi connectivity index (χ1) is 7.49. The molecule has 1 aliphatic heterocycles. The van der Waals surface area contributed by atoms with Gasteiger partial charge in [0, 0.05) is 26.2 Å². The Bertz CT molecular complexity index is 391. The maximum absolute atomic E-state index is 11.9. The van der Waals surface area contributed by atoms with Crippen LogP contribution in [0.2, 0.25) is 0 Å². The van der Waals surface area contributed by atoms with E-state index >= 15 is 0 Å². The number of nitrogens with zero attached hydrogens (tertiary/aromatic N) is 1. The molecule has 0 bridgehead atoms. The number of amides is 1. The molecule has 1 unspecified atom stereocenters. The van der Waals surface area contributed by atoms with Crippen molar-refractivity contribution in [2.24, 2.45) is 0 Å². The minimum Gasteiger partial charge on any atom is -0.339 e. The van der Waals surface area contributed by atoms with Gasteiger partial charge in [-0.05, 0) is 6.92 Å². The van der Waals surface area contributed by atoms with Crippen LogP contribution in [0.1, 0.15) is 6.92 Å². The number of nitrogens with one attached hydrogen (secondary N) is 1. The zero-order valence-corrected chi connectivity index (χ0v) is 10.1. The van der Waals surface area contributed by atoms with E-state index in [9.17, 15) is 13.2 Å². The molecule has 1 rings (SSSR count). The van der Waals surface area contributed by atoms with E-state index < -0.39 is 15.1 Å². The summed E-state index contributed by atoms with van der Waals surface area (Å²) < 4.78 is 23.2. The average molecular weight is 244 g/mol. The van der Waals surface area contributed by atoms with Crippen LogP contribution in [-0.2, 0) is 14.6 Å². The standard InChI is InChI=1S/C10H16N2O3S/c1-3-8-16(14,15)9(2)10(13)12-6-4-11-5-7-12/h1,9,11H,4-8H2,2H3. The average Bonchev–Trinajstić information content (AvgIpc) is 2.28. The van der Waals surface area contributed by atoms with Gasteiger partial charge in [0.2, 0.25) is 5.91 Å². The molecule has 0 aromatic rings. The third kappa shape index (κ3) is 2.97. The summed E-state index contributed by atoms with van der Waals surface area (Å²) in [5.41, 5.74) is 0. The van der Waals surface area contributed by atoms with Gasteiger partial charge in [-0.3, -0.25) is 4.79 Å². The molecule has 1 atom stereocenters. The Morgan fingerprint density at radius 3 is 2.56 bits per heavy atom. The molecule has 0 saturated carbocycles. The van der Waals surface area contributed by atoms with Gasteiger partial charge in [0.25, 0.3) is 0 Å². The summed E-state index contributed by atoms with van der Waals surface area (Å²) in [6.45, 7) is 3.90. The number of piperazine rings is 1. The highest BCUT2D eigenvalue weighted by atomic mass is 32.2. The van der Waals surface area contributed by atoms with E-state index in [1.165, 1.54) is 6.92 Å². The Hall–Kier alpha value is -1.06. The van der Waals surface area contributed by atoms with E-state index in [0.717, 1.165) is 0 Å². The summed E-state index contributed by atoms with van der Waals surface area (Å²) in [5, 5.41) is 2.06. The molecule has 1 amide bonds. The van der Waals surface area contributed by atoms with Crippen molar-refractivity contribution in [1.82, 2.24) is 10.2 Å². The second-order valence-corrected chi connectivity index (χ2v) is 6.05. The first-order valence-corrected chi connectivity index (χ1v) is 6.85. The molecule has 6 heteroatoms. The Morgan fingerprint density at radius 2 is 2.06 bits per heavy atom. The quantitative estimate of drug-likeness (QED) is 0.637. The van der Waals surface area contributed by atoms with Crippen molar-refractivity contribution in [2.45, 2.75) is 12.2 Å². The molecule has 90 valence electrons. The lowest BCUT2D eigenvalue weighted by atomic mass is 10.3. The third-order valence-corrected chi connectivity index (χ3v) is 4.45. The van der Waals surface area contributed by atoms with Crippen LogP contribution in [0.4, 0.5) is 0 Å². The fourth-order valence-electron chi connectivity index (χ4n) is 1.54. The van der Waals surface area contributed by atoms with Crippen LogP contribution in [-0.4, -0.2) is 56.4 Å². The van der Waals surface area contributed by atoms with Gasteiger partial charge in [-0.15, -0.1) is 6.42 Å². The number of carbonyl (C=O) groups is 1. The molecular formula is C10H16N2O3S. The molecule has 0 aliphatic carbocycles. The lowest BCUT2D eigenvalue weighted by Gasteiger charge is -2.29. The van der Waals surface area contributed by atoms with Gasteiger partial charge in [0.15, 0.2) is 9.84 Å². The predicted octanol–water partition coefficient (Wildman–Crippen LogP) is -1.15. The van der Waals surface area contributed by atoms with Crippen molar-refractivity contribution in [3.63, 3.8) is 0 Å². The van der Waals surface area contributed by atoms with Gasteiger partial charge in [-0.25, -0.2) is 8.42 Å². The molecule has 1 heterocycles. The van der Waals surface area contributed by atoms with Crippen molar-refractivity contribution in [2.75, 3.05) is 31.9 Å². The molecule has 1 aliphatic rings. The SMILES string of the molecule is C#CCS(=O)(=O)C(C)C(=O)N1CCNCC1. The van der Waals surface area contributed by atoms with E-state index in [1.54, 1.807) is 4.90 Å². The topological polar surface area (TPSA) is 66.5 Å². The highest BCUT2D eigenvalue weighted by molar-refractivity contribution is 7.92. The van der Waals surface area contributed by atoms with Crippen LogP contribution < -0.4 is 5.32 Å².